The minimum Gasteiger partial charge on any atom is -0.456 e. The van der Waals surface area contributed by atoms with Gasteiger partial charge in [-0.15, -0.1) is 11.3 Å². The zero-order valence-electron chi connectivity index (χ0n) is 29.0. The number of nitriles is 1. The molecule has 0 aliphatic heterocycles. The van der Waals surface area contributed by atoms with E-state index in [4.69, 9.17) is 21.0 Å². The highest BCUT2D eigenvalue weighted by Gasteiger charge is 2.23. The van der Waals surface area contributed by atoms with Gasteiger partial charge in [-0.05, 0) is 54.1 Å². The van der Waals surface area contributed by atoms with Crippen LogP contribution >= 0.6 is 11.3 Å². The van der Waals surface area contributed by atoms with E-state index in [0.717, 1.165) is 60.6 Å². The monoisotopic (exact) mass is 719 g/mol. The molecule has 0 unspecified atom stereocenters. The fourth-order valence-electron chi connectivity index (χ4n) is 8.04. The Bertz CT molecular complexity index is 3470. The Labute approximate surface area is 318 Å². The minimum atomic E-state index is 0.340. The van der Waals surface area contributed by atoms with Crippen LogP contribution in [0.5, 0.6) is 0 Å². The molecule has 0 saturated carbocycles. The Morgan fingerprint density at radius 2 is 1.29 bits per heavy atom. The molecule has 55 heavy (non-hydrogen) atoms. The Morgan fingerprint density at radius 1 is 0.600 bits per heavy atom. The third-order valence-electron chi connectivity index (χ3n) is 10.5. The number of benzene rings is 7. The first kappa shape index (κ1) is 31.0. The van der Waals surface area contributed by atoms with Crippen LogP contribution in [0.3, 0.4) is 0 Å². The molecule has 7 aromatic carbocycles. The Kier molecular flexibility index (Phi) is 6.75. The molecule has 11 aromatic rings. The number of hydrogen-bond donors (Lipinski definition) is 0. The molecule has 0 saturated heterocycles. The first-order valence-corrected chi connectivity index (χ1v) is 18.6. The van der Waals surface area contributed by atoms with E-state index in [2.05, 4.69) is 70.1 Å². The van der Waals surface area contributed by atoms with E-state index in [1.807, 2.05) is 97.1 Å². The number of nitrogens with zero attached hydrogens (tertiary/aromatic N) is 5. The number of fused-ring (bicyclic) bond motifs is 10. The summed E-state index contributed by atoms with van der Waals surface area (Å²) in [6, 6.07) is 53.2. The summed E-state index contributed by atoms with van der Waals surface area (Å²) in [6.45, 7) is 8.51. The van der Waals surface area contributed by atoms with Gasteiger partial charge in [-0.25, -0.2) is 14.8 Å². The molecule has 0 N–H and O–H groups in total. The van der Waals surface area contributed by atoms with Crippen LogP contribution in [0.4, 0.5) is 5.69 Å². The van der Waals surface area contributed by atoms with E-state index < -0.39 is 0 Å². The maximum Gasteiger partial charge on any atom is 0.211 e. The molecule has 0 fully saturated rings. The molecule has 0 bridgehead atoms. The Morgan fingerprint density at radius 3 is 2.13 bits per heavy atom. The van der Waals surface area contributed by atoms with Crippen LogP contribution in [-0.4, -0.2) is 14.5 Å². The van der Waals surface area contributed by atoms with Crippen molar-refractivity contribution >= 4 is 80.9 Å². The summed E-state index contributed by atoms with van der Waals surface area (Å²) in [5, 5.41) is 17.4. The van der Waals surface area contributed by atoms with Crippen LogP contribution in [0.1, 0.15) is 5.56 Å². The molecule has 0 amide bonds. The molecule has 4 aromatic heterocycles. The van der Waals surface area contributed by atoms with Crippen molar-refractivity contribution in [2.75, 3.05) is 0 Å². The molecule has 0 atom stereocenters. The average molecular weight is 720 g/mol. The number of furan rings is 1. The first-order chi connectivity index (χ1) is 27.2. The third kappa shape index (κ3) is 4.65. The SMILES string of the molecule is [C-]#[N+]c1cc(-c2nc(-c3ccc4c(c3)oc3ccccc34)nc(-c3ccccc3)c2C#N)ccc1-n1c2ccccc2c2ccc3sc4ccccc4c3c21. The second kappa shape index (κ2) is 12.0. The molecule has 0 aliphatic carbocycles. The summed E-state index contributed by atoms with van der Waals surface area (Å²) in [6.07, 6.45) is 0. The van der Waals surface area contributed by atoms with Crippen molar-refractivity contribution in [1.82, 2.24) is 14.5 Å². The standard InChI is InChI=1S/C48H25N5OS/c1-50-37-25-29(20-23-39(37)53-38-16-8-5-13-31(38)34-22-24-43-44(47(34)53)35-15-7-10-18-42(35)55-43)46-36(27-49)45(28-11-3-2-4-12-28)51-48(52-46)30-19-21-33-32-14-6-9-17-40(32)54-41(33)26-30/h2-26H. The predicted molar refractivity (Wildman–Crippen MR) is 224 cm³/mol. The van der Waals surface area contributed by atoms with Gasteiger partial charge >= 0.3 is 0 Å². The van der Waals surface area contributed by atoms with Gasteiger partial charge in [0, 0.05) is 52.8 Å². The third-order valence-corrected chi connectivity index (χ3v) is 11.6. The fourth-order valence-corrected chi connectivity index (χ4v) is 9.15. The molecular formula is C48H25N5OS. The summed E-state index contributed by atoms with van der Waals surface area (Å²) in [7, 11) is 0. The van der Waals surface area contributed by atoms with E-state index >= 15 is 0 Å². The van der Waals surface area contributed by atoms with E-state index in [1.165, 1.54) is 20.2 Å². The molecule has 6 nitrogen and oxygen atoms in total. The molecule has 0 radical (unpaired) electrons. The van der Waals surface area contributed by atoms with Gasteiger partial charge in [0.25, 0.3) is 0 Å². The highest BCUT2D eigenvalue weighted by atomic mass is 32.1. The van der Waals surface area contributed by atoms with Gasteiger partial charge < -0.3 is 8.98 Å². The normalized spacial score (nSPS) is 11.6. The van der Waals surface area contributed by atoms with Crippen molar-refractivity contribution in [2.24, 2.45) is 0 Å². The lowest BCUT2D eigenvalue weighted by atomic mass is 9.99. The molecule has 0 aliphatic rings. The number of hydrogen-bond acceptors (Lipinski definition) is 5. The predicted octanol–water partition coefficient (Wildman–Crippen LogP) is 13.3. The van der Waals surface area contributed by atoms with Crippen molar-refractivity contribution in [1.29, 1.82) is 5.26 Å². The Balaban J connectivity index is 1.16. The largest absolute Gasteiger partial charge is 0.456 e. The van der Waals surface area contributed by atoms with Crippen LogP contribution in [0, 0.1) is 17.9 Å². The van der Waals surface area contributed by atoms with Crippen LogP contribution in [0.25, 0.3) is 108 Å². The van der Waals surface area contributed by atoms with Crippen molar-refractivity contribution in [3.63, 3.8) is 0 Å². The maximum atomic E-state index is 10.7. The van der Waals surface area contributed by atoms with Gasteiger partial charge in [-0.3, -0.25) is 0 Å². The number of aromatic nitrogens is 3. The highest BCUT2D eigenvalue weighted by molar-refractivity contribution is 7.26. The summed E-state index contributed by atoms with van der Waals surface area (Å²) >= 11 is 1.78. The lowest BCUT2D eigenvalue weighted by Crippen LogP contribution is -2.01. The van der Waals surface area contributed by atoms with Crippen LogP contribution < -0.4 is 0 Å². The van der Waals surface area contributed by atoms with Crippen LogP contribution in [-0.2, 0) is 0 Å². The number of para-hydroxylation sites is 2. The summed E-state index contributed by atoms with van der Waals surface area (Å²) in [5.74, 6) is 0.456. The molecule has 4 heterocycles. The maximum absolute atomic E-state index is 10.7. The van der Waals surface area contributed by atoms with E-state index in [1.54, 1.807) is 11.3 Å². The van der Waals surface area contributed by atoms with Crippen molar-refractivity contribution < 1.29 is 4.42 Å². The molecular weight excluding hydrogens is 695 g/mol. The van der Waals surface area contributed by atoms with Crippen molar-refractivity contribution in [2.45, 2.75) is 0 Å². The van der Waals surface area contributed by atoms with E-state index in [9.17, 15) is 5.26 Å². The van der Waals surface area contributed by atoms with Crippen LogP contribution in [0.2, 0.25) is 0 Å². The van der Waals surface area contributed by atoms with Gasteiger partial charge in [0.15, 0.2) is 5.82 Å². The number of thiophene rings is 1. The topological polar surface area (TPSA) is 72.0 Å². The molecule has 7 heteroatoms. The lowest BCUT2D eigenvalue weighted by Gasteiger charge is -2.15. The van der Waals surface area contributed by atoms with E-state index in [0.29, 0.717) is 34.0 Å². The highest BCUT2D eigenvalue weighted by Crippen LogP contribution is 2.45. The summed E-state index contributed by atoms with van der Waals surface area (Å²) < 4.78 is 10.9. The smallest absolute Gasteiger partial charge is 0.211 e. The summed E-state index contributed by atoms with van der Waals surface area (Å²) in [5.41, 5.74) is 8.38. The van der Waals surface area contributed by atoms with Gasteiger partial charge in [0.1, 0.15) is 22.8 Å². The average Bonchev–Trinajstić information content (AvgIpc) is 3.92. The fraction of sp³-hybridized carbons (Fsp3) is 0. The van der Waals surface area contributed by atoms with Crippen LogP contribution in [0.15, 0.2) is 156 Å². The number of rotatable bonds is 4. The zero-order chi connectivity index (χ0) is 36.6. The molecule has 11 rings (SSSR count). The van der Waals surface area contributed by atoms with Gasteiger partial charge in [0.05, 0.1) is 34.7 Å². The lowest BCUT2D eigenvalue weighted by molar-refractivity contribution is 0.669. The summed E-state index contributed by atoms with van der Waals surface area (Å²) in [4.78, 5) is 14.2. The van der Waals surface area contributed by atoms with Gasteiger partial charge in [-0.1, -0.05) is 103 Å². The minimum absolute atomic E-state index is 0.340. The molecule has 0 spiro atoms. The zero-order valence-corrected chi connectivity index (χ0v) is 29.8. The first-order valence-electron chi connectivity index (χ1n) is 17.8. The second-order valence-corrected chi connectivity index (χ2v) is 14.6. The van der Waals surface area contributed by atoms with Crippen molar-refractivity contribution in [3.8, 4) is 45.7 Å². The van der Waals surface area contributed by atoms with Gasteiger partial charge in [-0.2, -0.15) is 5.26 Å². The quantitative estimate of drug-likeness (QED) is 0.170. The van der Waals surface area contributed by atoms with Crippen molar-refractivity contribution in [3.05, 3.63) is 169 Å². The Hall–Kier alpha value is -7.58. The second-order valence-electron chi connectivity index (χ2n) is 13.5. The molecule has 254 valence electrons. The van der Waals surface area contributed by atoms with E-state index in [-0.39, 0.29) is 0 Å². The van der Waals surface area contributed by atoms with Gasteiger partial charge in [0.2, 0.25) is 5.69 Å².